The number of nitrogens with zero attached hydrogens (tertiary/aromatic N) is 3. The van der Waals surface area contributed by atoms with Crippen molar-refractivity contribution in [1.29, 1.82) is 0 Å². The van der Waals surface area contributed by atoms with E-state index in [2.05, 4.69) is 5.32 Å². The Labute approximate surface area is 173 Å². The van der Waals surface area contributed by atoms with Crippen molar-refractivity contribution in [2.75, 3.05) is 26.2 Å². The number of hydrogen-bond donors (Lipinski definition) is 3. The van der Waals surface area contributed by atoms with Crippen molar-refractivity contribution in [2.45, 2.75) is 5.54 Å². The normalized spacial score (nSPS) is 18.7. The van der Waals surface area contributed by atoms with Gasteiger partial charge in [-0.1, -0.05) is 48.5 Å². The van der Waals surface area contributed by atoms with Gasteiger partial charge < -0.3 is 20.6 Å². The molecule has 0 saturated carbocycles. The van der Waals surface area contributed by atoms with Gasteiger partial charge >= 0.3 is 5.97 Å². The van der Waals surface area contributed by atoms with Crippen molar-refractivity contribution < 1.29 is 14.6 Å². The first kappa shape index (κ1) is 19.4. The maximum Gasteiger partial charge on any atom is 0.338 e. The van der Waals surface area contributed by atoms with Gasteiger partial charge in [-0.25, -0.2) is 9.79 Å². The standard InChI is InChI=1S/C22H23N5O3/c1-26(2)27-13-16(15-11-7-8-12-17(15)27)22(14-9-5-4-6-10-14)18(20(28)29)19(23)24-21(25-22)30-3/h4-13H,23H2,1-3H3,(H,24,25)(H,28,29). The molecule has 0 fully saturated rings. The second kappa shape index (κ2) is 7.14. The smallest absolute Gasteiger partial charge is 0.338 e. The summed E-state index contributed by atoms with van der Waals surface area (Å²) >= 11 is 0. The molecule has 4 N–H and O–H groups in total. The molecule has 0 aliphatic carbocycles. The van der Waals surface area contributed by atoms with Gasteiger partial charge in [0.1, 0.15) is 11.4 Å². The zero-order valence-corrected chi connectivity index (χ0v) is 17.0. The van der Waals surface area contributed by atoms with Gasteiger partial charge in [0.2, 0.25) is 0 Å². The summed E-state index contributed by atoms with van der Waals surface area (Å²) in [6, 6.07) is 17.2. The minimum atomic E-state index is -1.41. The zero-order chi connectivity index (χ0) is 21.5. The number of carbonyl (C=O) groups is 1. The Bertz CT molecular complexity index is 1180. The van der Waals surface area contributed by atoms with Crippen LogP contribution in [0.4, 0.5) is 0 Å². The molecule has 0 radical (unpaired) electrons. The third-order valence-corrected chi connectivity index (χ3v) is 5.25. The molecular formula is C22H23N5O3. The molecule has 1 unspecified atom stereocenters. The molecule has 2 heterocycles. The Balaban J connectivity index is 2.19. The second-order valence-corrected chi connectivity index (χ2v) is 7.17. The first-order valence-corrected chi connectivity index (χ1v) is 9.38. The summed E-state index contributed by atoms with van der Waals surface area (Å²) in [5.41, 5.74) is 7.03. The van der Waals surface area contributed by atoms with Crippen molar-refractivity contribution in [3.05, 3.63) is 83.3 Å². The lowest BCUT2D eigenvalue weighted by Crippen LogP contribution is -2.46. The summed E-state index contributed by atoms with van der Waals surface area (Å²) in [6.07, 6.45) is 1.90. The number of aromatic nitrogens is 1. The largest absolute Gasteiger partial charge is 0.478 e. The summed E-state index contributed by atoms with van der Waals surface area (Å²) in [5.74, 6) is -1.18. The highest BCUT2D eigenvalue weighted by Crippen LogP contribution is 2.46. The first-order valence-electron chi connectivity index (χ1n) is 9.38. The van der Waals surface area contributed by atoms with E-state index >= 15 is 0 Å². The minimum Gasteiger partial charge on any atom is -0.478 e. The predicted molar refractivity (Wildman–Crippen MR) is 116 cm³/mol. The monoisotopic (exact) mass is 405 g/mol. The Morgan fingerprint density at radius 1 is 1.17 bits per heavy atom. The van der Waals surface area contributed by atoms with E-state index in [1.54, 1.807) is 0 Å². The summed E-state index contributed by atoms with van der Waals surface area (Å²) in [5, 5.41) is 15.7. The van der Waals surface area contributed by atoms with Crippen LogP contribution in [0.25, 0.3) is 10.9 Å². The molecule has 1 aliphatic rings. The van der Waals surface area contributed by atoms with Crippen molar-refractivity contribution >= 4 is 22.9 Å². The van der Waals surface area contributed by atoms with Gasteiger partial charge in [-0.3, -0.25) is 9.99 Å². The predicted octanol–water partition coefficient (Wildman–Crippen LogP) is 1.94. The van der Waals surface area contributed by atoms with E-state index in [0.29, 0.717) is 11.1 Å². The molecule has 3 aromatic rings. The first-order chi connectivity index (χ1) is 14.4. The van der Waals surface area contributed by atoms with Gasteiger partial charge in [0, 0.05) is 31.2 Å². The third kappa shape index (κ3) is 2.76. The number of amidine groups is 1. The fraction of sp³-hybridized carbons (Fsp3) is 0.182. The van der Waals surface area contributed by atoms with E-state index in [9.17, 15) is 9.90 Å². The van der Waals surface area contributed by atoms with Gasteiger partial charge in [0.05, 0.1) is 12.6 Å². The van der Waals surface area contributed by atoms with Crippen LogP contribution in [0.2, 0.25) is 0 Å². The van der Waals surface area contributed by atoms with Crippen LogP contribution in [0.3, 0.4) is 0 Å². The number of fused-ring (bicyclic) bond motifs is 1. The minimum absolute atomic E-state index is 0.0140. The van der Waals surface area contributed by atoms with Gasteiger partial charge in [-0.15, -0.1) is 0 Å². The lowest BCUT2D eigenvalue weighted by Gasteiger charge is -2.35. The highest BCUT2D eigenvalue weighted by atomic mass is 16.5. The third-order valence-electron chi connectivity index (χ3n) is 5.25. The molecule has 0 saturated heterocycles. The number of methoxy groups -OCH3 is 1. The second-order valence-electron chi connectivity index (χ2n) is 7.17. The van der Waals surface area contributed by atoms with E-state index in [0.717, 1.165) is 10.9 Å². The fourth-order valence-electron chi connectivity index (χ4n) is 4.00. The molecule has 1 aliphatic heterocycles. The van der Waals surface area contributed by atoms with Gasteiger partial charge in [-0.05, 0) is 11.6 Å². The van der Waals surface area contributed by atoms with E-state index in [4.69, 9.17) is 15.5 Å². The lowest BCUT2D eigenvalue weighted by atomic mass is 9.76. The number of hydrogen-bond acceptors (Lipinski definition) is 6. The molecule has 8 nitrogen and oxygen atoms in total. The van der Waals surface area contributed by atoms with E-state index in [-0.39, 0.29) is 17.4 Å². The molecule has 0 spiro atoms. The molecular weight excluding hydrogens is 382 g/mol. The average Bonchev–Trinajstić information content (AvgIpc) is 3.14. The number of rotatable bonds is 4. The number of aliphatic imine (C=N–C) groups is 1. The van der Waals surface area contributed by atoms with Crippen LogP contribution < -0.4 is 16.1 Å². The molecule has 2 aromatic carbocycles. The molecule has 0 bridgehead atoms. The van der Waals surface area contributed by atoms with Crippen LogP contribution in [0.15, 0.2) is 77.2 Å². The van der Waals surface area contributed by atoms with Gasteiger partial charge in [-0.2, -0.15) is 0 Å². The molecule has 1 atom stereocenters. The molecule has 30 heavy (non-hydrogen) atoms. The Morgan fingerprint density at radius 2 is 1.83 bits per heavy atom. The maximum absolute atomic E-state index is 12.5. The van der Waals surface area contributed by atoms with Crippen molar-refractivity contribution in [3.8, 4) is 0 Å². The van der Waals surface area contributed by atoms with Crippen LogP contribution in [-0.4, -0.2) is 43.0 Å². The Morgan fingerprint density at radius 3 is 2.47 bits per heavy atom. The number of carboxylic acid groups (broad SMARTS) is 1. The maximum atomic E-state index is 12.5. The molecule has 4 rings (SSSR count). The number of para-hydroxylation sites is 1. The number of aliphatic carboxylic acids is 1. The van der Waals surface area contributed by atoms with E-state index in [1.165, 1.54) is 7.11 Å². The number of nitrogens with one attached hydrogen (secondary N) is 1. The number of benzene rings is 2. The topological polar surface area (TPSA) is 105 Å². The molecule has 1 aromatic heterocycles. The van der Waals surface area contributed by atoms with E-state index < -0.39 is 11.5 Å². The van der Waals surface area contributed by atoms with Crippen LogP contribution >= 0.6 is 0 Å². The quantitative estimate of drug-likeness (QED) is 0.613. The highest BCUT2D eigenvalue weighted by molar-refractivity contribution is 5.98. The van der Waals surface area contributed by atoms with Crippen molar-refractivity contribution in [2.24, 2.45) is 10.7 Å². The van der Waals surface area contributed by atoms with Gasteiger partial charge in [0.15, 0.2) is 5.54 Å². The zero-order valence-electron chi connectivity index (χ0n) is 17.0. The Hall–Kier alpha value is -3.94. The van der Waals surface area contributed by atoms with E-state index in [1.807, 2.05) is 84.6 Å². The van der Waals surface area contributed by atoms with Crippen molar-refractivity contribution in [1.82, 2.24) is 9.99 Å². The van der Waals surface area contributed by atoms with Gasteiger partial charge in [0.25, 0.3) is 6.02 Å². The molecule has 0 amide bonds. The number of ether oxygens (including phenoxy) is 1. The molecule has 8 heteroatoms. The highest BCUT2D eigenvalue weighted by Gasteiger charge is 2.48. The number of nitrogens with two attached hydrogens (primary N) is 1. The molecule has 154 valence electrons. The van der Waals surface area contributed by atoms with Crippen LogP contribution in [0, 0.1) is 0 Å². The number of carboxylic acids is 1. The lowest BCUT2D eigenvalue weighted by molar-refractivity contribution is -0.133. The van der Waals surface area contributed by atoms with Crippen LogP contribution in [0.1, 0.15) is 11.1 Å². The SMILES string of the molecule is COC1=NC(c2ccccc2)(c2cn(N(C)C)c3ccccc23)C(C(=O)O)=C(N)N1. The Kier molecular flexibility index (Phi) is 4.62. The fourth-order valence-corrected chi connectivity index (χ4v) is 4.00. The van der Waals surface area contributed by atoms with Crippen LogP contribution in [-0.2, 0) is 15.1 Å². The van der Waals surface area contributed by atoms with Crippen molar-refractivity contribution in [3.63, 3.8) is 0 Å². The summed E-state index contributed by atoms with van der Waals surface area (Å²) in [7, 11) is 5.30. The summed E-state index contributed by atoms with van der Waals surface area (Å²) in [4.78, 5) is 17.3. The van der Waals surface area contributed by atoms with Crippen LogP contribution in [0.5, 0.6) is 0 Å². The average molecular weight is 405 g/mol. The summed E-state index contributed by atoms with van der Waals surface area (Å²) < 4.78 is 7.32. The summed E-state index contributed by atoms with van der Waals surface area (Å²) in [6.45, 7) is 0.